The first kappa shape index (κ1) is 13.3. The van der Waals surface area contributed by atoms with Gasteiger partial charge >= 0.3 is 0 Å². The van der Waals surface area contributed by atoms with Crippen molar-refractivity contribution in [2.45, 2.75) is 26.7 Å². The molecular formula is C13H17N5OS. The van der Waals surface area contributed by atoms with Gasteiger partial charge in [0.25, 0.3) is 0 Å². The predicted octanol–water partition coefficient (Wildman–Crippen LogP) is 2.00. The molecule has 106 valence electrons. The Hall–Kier alpha value is -1.73. The van der Waals surface area contributed by atoms with Crippen LogP contribution in [0, 0.1) is 6.92 Å². The minimum atomic E-state index is 0.161. The number of aromatic nitrogens is 4. The van der Waals surface area contributed by atoms with Gasteiger partial charge in [0.15, 0.2) is 5.65 Å². The van der Waals surface area contributed by atoms with Gasteiger partial charge in [-0.15, -0.1) is 11.3 Å². The van der Waals surface area contributed by atoms with Gasteiger partial charge in [-0.05, 0) is 25.3 Å². The van der Waals surface area contributed by atoms with Gasteiger partial charge in [0, 0.05) is 18.0 Å². The third-order valence-corrected chi connectivity index (χ3v) is 4.68. The van der Waals surface area contributed by atoms with Crippen LogP contribution in [0.4, 0.5) is 5.95 Å². The molecule has 0 aliphatic carbocycles. The maximum absolute atomic E-state index is 8.87. The summed E-state index contributed by atoms with van der Waals surface area (Å²) in [7, 11) is 0. The molecule has 0 saturated heterocycles. The molecule has 0 spiro atoms. The summed E-state index contributed by atoms with van der Waals surface area (Å²) >= 11 is 1.71. The van der Waals surface area contributed by atoms with Crippen molar-refractivity contribution in [1.82, 2.24) is 19.6 Å². The van der Waals surface area contributed by atoms with Crippen LogP contribution < -0.4 is 5.32 Å². The Kier molecular flexibility index (Phi) is 3.54. The molecule has 0 saturated carbocycles. The monoisotopic (exact) mass is 291 g/mol. The molecule has 3 aromatic heterocycles. The number of aliphatic hydroxyl groups excluding tert-OH is 1. The van der Waals surface area contributed by atoms with Crippen molar-refractivity contribution in [2.75, 3.05) is 18.5 Å². The lowest BCUT2D eigenvalue weighted by Crippen LogP contribution is -2.10. The summed E-state index contributed by atoms with van der Waals surface area (Å²) < 4.78 is 1.73. The van der Waals surface area contributed by atoms with Gasteiger partial charge in [-0.1, -0.05) is 6.92 Å². The van der Waals surface area contributed by atoms with E-state index < -0.39 is 0 Å². The normalized spacial score (nSPS) is 11.6. The molecular weight excluding hydrogens is 274 g/mol. The number of nitrogens with one attached hydrogen (secondary N) is 1. The highest BCUT2D eigenvalue weighted by molar-refractivity contribution is 7.19. The summed E-state index contributed by atoms with van der Waals surface area (Å²) in [6.45, 7) is 5.09. The topological polar surface area (TPSA) is 75.3 Å². The number of anilines is 1. The molecule has 3 heterocycles. The van der Waals surface area contributed by atoms with Crippen molar-refractivity contribution in [3.8, 4) is 0 Å². The van der Waals surface area contributed by atoms with Crippen LogP contribution in [0.15, 0.2) is 6.33 Å². The molecule has 3 rings (SSSR count). The van der Waals surface area contributed by atoms with Crippen LogP contribution in [0.3, 0.4) is 0 Å². The lowest BCUT2D eigenvalue weighted by Gasteiger charge is -2.06. The number of hydrogen-bond acceptors (Lipinski definition) is 6. The minimum Gasteiger partial charge on any atom is -0.396 e. The Morgan fingerprint density at radius 3 is 3.05 bits per heavy atom. The molecule has 6 nitrogen and oxygen atoms in total. The fourth-order valence-electron chi connectivity index (χ4n) is 2.33. The zero-order chi connectivity index (χ0) is 14.1. The summed E-state index contributed by atoms with van der Waals surface area (Å²) in [5, 5.41) is 17.4. The molecule has 0 aliphatic heterocycles. The molecule has 0 amide bonds. The van der Waals surface area contributed by atoms with Crippen LogP contribution in [0.2, 0.25) is 0 Å². The number of aliphatic hydroxyl groups is 1. The predicted molar refractivity (Wildman–Crippen MR) is 80.5 cm³/mol. The second-order valence-electron chi connectivity index (χ2n) is 4.62. The van der Waals surface area contributed by atoms with Crippen molar-refractivity contribution in [3.63, 3.8) is 0 Å². The number of rotatable bonds is 5. The highest BCUT2D eigenvalue weighted by Crippen LogP contribution is 2.33. The minimum absolute atomic E-state index is 0.161. The molecule has 0 unspecified atom stereocenters. The first-order chi connectivity index (χ1) is 9.76. The molecule has 0 aliphatic rings. The number of thiophene rings is 1. The van der Waals surface area contributed by atoms with Crippen LogP contribution in [-0.4, -0.2) is 37.8 Å². The zero-order valence-corrected chi connectivity index (χ0v) is 12.4. The van der Waals surface area contributed by atoms with Gasteiger partial charge in [-0.25, -0.2) is 9.97 Å². The smallest absolute Gasteiger partial charge is 0.227 e. The summed E-state index contributed by atoms with van der Waals surface area (Å²) in [4.78, 5) is 11.4. The Bertz CT molecular complexity index is 748. The molecule has 20 heavy (non-hydrogen) atoms. The lowest BCUT2D eigenvalue weighted by molar-refractivity contribution is 0.292. The molecule has 0 radical (unpaired) electrons. The largest absolute Gasteiger partial charge is 0.396 e. The molecule has 7 heteroatoms. The number of nitrogens with zero attached hydrogens (tertiary/aromatic N) is 4. The number of hydrogen-bond donors (Lipinski definition) is 2. The van der Waals surface area contributed by atoms with E-state index in [-0.39, 0.29) is 6.61 Å². The fraction of sp³-hybridized carbons (Fsp3) is 0.462. The number of aryl methyl sites for hydroxylation is 2. The van der Waals surface area contributed by atoms with Gasteiger partial charge in [0.1, 0.15) is 11.2 Å². The maximum atomic E-state index is 8.87. The Balaban J connectivity index is 2.17. The summed E-state index contributed by atoms with van der Waals surface area (Å²) in [5.41, 5.74) is 2.09. The van der Waals surface area contributed by atoms with Gasteiger partial charge < -0.3 is 10.4 Å². The molecule has 3 aromatic rings. The van der Waals surface area contributed by atoms with E-state index in [1.54, 1.807) is 22.2 Å². The van der Waals surface area contributed by atoms with Crippen molar-refractivity contribution in [1.29, 1.82) is 0 Å². The van der Waals surface area contributed by atoms with Gasteiger partial charge in [0.2, 0.25) is 5.95 Å². The Labute approximate surface area is 120 Å². The molecule has 0 atom stereocenters. The average molecular weight is 291 g/mol. The van der Waals surface area contributed by atoms with E-state index in [1.807, 2.05) is 0 Å². The first-order valence-electron chi connectivity index (χ1n) is 6.72. The molecule has 0 fully saturated rings. The summed E-state index contributed by atoms with van der Waals surface area (Å²) in [5.74, 6) is 0.683. The van der Waals surface area contributed by atoms with Gasteiger partial charge in [0.05, 0.1) is 5.39 Å². The van der Waals surface area contributed by atoms with Crippen LogP contribution in [0.5, 0.6) is 0 Å². The van der Waals surface area contributed by atoms with Crippen molar-refractivity contribution < 1.29 is 5.11 Å². The van der Waals surface area contributed by atoms with Gasteiger partial charge in [-0.2, -0.15) is 9.61 Å². The summed E-state index contributed by atoms with van der Waals surface area (Å²) in [6, 6.07) is 0. The van der Waals surface area contributed by atoms with Crippen LogP contribution >= 0.6 is 11.3 Å². The standard InChI is InChI=1S/C13H17N5OS/c1-3-9-8(2)10-11-15-7-16-18(11)13(14-5-4-6-19)17-12(10)20-9/h7,19H,3-6H2,1-2H3,(H,14,17). The van der Waals surface area contributed by atoms with E-state index in [0.29, 0.717) is 18.9 Å². The summed E-state index contributed by atoms with van der Waals surface area (Å²) in [6.07, 6.45) is 3.23. The SMILES string of the molecule is CCc1sc2nc(NCCCO)n3ncnc3c2c1C. The lowest BCUT2D eigenvalue weighted by atomic mass is 10.2. The van der Waals surface area contributed by atoms with Crippen molar-refractivity contribution in [3.05, 3.63) is 16.8 Å². The maximum Gasteiger partial charge on any atom is 0.227 e. The zero-order valence-electron chi connectivity index (χ0n) is 11.6. The Morgan fingerprint density at radius 2 is 2.30 bits per heavy atom. The Morgan fingerprint density at radius 1 is 1.45 bits per heavy atom. The number of fused-ring (bicyclic) bond motifs is 3. The van der Waals surface area contributed by atoms with Gasteiger partial charge in [-0.3, -0.25) is 0 Å². The highest BCUT2D eigenvalue weighted by atomic mass is 32.1. The van der Waals surface area contributed by atoms with Crippen LogP contribution in [0.25, 0.3) is 15.9 Å². The van der Waals surface area contributed by atoms with Crippen molar-refractivity contribution >= 4 is 33.1 Å². The van der Waals surface area contributed by atoms with Crippen LogP contribution in [0.1, 0.15) is 23.8 Å². The third-order valence-electron chi connectivity index (χ3n) is 3.35. The quantitative estimate of drug-likeness (QED) is 0.703. The van der Waals surface area contributed by atoms with E-state index >= 15 is 0 Å². The van der Waals surface area contributed by atoms with Crippen LogP contribution in [-0.2, 0) is 6.42 Å². The van der Waals surface area contributed by atoms with E-state index in [9.17, 15) is 0 Å². The van der Waals surface area contributed by atoms with E-state index in [1.165, 1.54) is 10.4 Å². The fourth-order valence-corrected chi connectivity index (χ4v) is 3.44. The highest BCUT2D eigenvalue weighted by Gasteiger charge is 2.16. The molecule has 2 N–H and O–H groups in total. The average Bonchev–Trinajstić information content (AvgIpc) is 3.03. The second kappa shape index (κ2) is 5.34. The third kappa shape index (κ3) is 2.03. The van der Waals surface area contributed by atoms with Crippen molar-refractivity contribution in [2.24, 2.45) is 0 Å². The first-order valence-corrected chi connectivity index (χ1v) is 7.54. The van der Waals surface area contributed by atoms with E-state index in [4.69, 9.17) is 5.11 Å². The molecule has 0 aromatic carbocycles. The second-order valence-corrected chi connectivity index (χ2v) is 5.70. The van der Waals surface area contributed by atoms with E-state index in [0.717, 1.165) is 22.3 Å². The molecule has 0 bridgehead atoms. The van der Waals surface area contributed by atoms with E-state index in [2.05, 4.69) is 34.2 Å².